The number of hydrogen-bond acceptors (Lipinski definition) is 3. The summed E-state index contributed by atoms with van der Waals surface area (Å²) < 4.78 is 0. The molecule has 0 spiro atoms. The monoisotopic (exact) mass is 268 g/mol. The minimum Gasteiger partial charge on any atom is -0.480 e. The Kier molecular flexibility index (Phi) is 4.91. The molecule has 2 amide bonds. The Balaban J connectivity index is 2.71. The molecule has 1 heterocycles. The molecule has 2 atom stereocenters. The molecule has 1 rings (SSSR count). The minimum absolute atomic E-state index is 0.144. The largest absolute Gasteiger partial charge is 0.480 e. The first-order valence-corrected chi connectivity index (χ1v) is 6.18. The highest BCUT2D eigenvalue weighted by Crippen LogP contribution is 2.16. The van der Waals surface area contributed by atoms with E-state index >= 15 is 0 Å². The van der Waals surface area contributed by atoms with E-state index in [2.05, 4.69) is 20.8 Å². The SMILES string of the molecule is CCC(C)[C@H](NC(=O)Nc1c(C)n[nH]c1C)C(=O)O. The summed E-state index contributed by atoms with van der Waals surface area (Å²) in [7, 11) is 0. The number of nitrogens with zero attached hydrogens (tertiary/aromatic N) is 1. The normalized spacial score (nSPS) is 13.7. The van der Waals surface area contributed by atoms with E-state index in [4.69, 9.17) is 5.11 Å². The summed E-state index contributed by atoms with van der Waals surface area (Å²) >= 11 is 0. The van der Waals surface area contributed by atoms with Crippen LogP contribution in [0.4, 0.5) is 10.5 Å². The molecule has 19 heavy (non-hydrogen) atoms. The van der Waals surface area contributed by atoms with Gasteiger partial charge in [0.05, 0.1) is 17.1 Å². The number of aromatic amines is 1. The van der Waals surface area contributed by atoms with Gasteiger partial charge in [-0.3, -0.25) is 5.10 Å². The van der Waals surface area contributed by atoms with Gasteiger partial charge in [0, 0.05) is 0 Å². The van der Waals surface area contributed by atoms with Crippen molar-refractivity contribution in [3.05, 3.63) is 11.4 Å². The van der Waals surface area contributed by atoms with Crippen molar-refractivity contribution < 1.29 is 14.7 Å². The fourth-order valence-electron chi connectivity index (χ4n) is 1.71. The zero-order valence-corrected chi connectivity index (χ0v) is 11.6. The van der Waals surface area contributed by atoms with E-state index in [9.17, 15) is 9.59 Å². The molecule has 0 radical (unpaired) electrons. The summed E-state index contributed by atoms with van der Waals surface area (Å²) in [6, 6.07) is -1.45. The molecule has 0 saturated heterocycles. The van der Waals surface area contributed by atoms with Crippen LogP contribution in [0.25, 0.3) is 0 Å². The summed E-state index contributed by atoms with van der Waals surface area (Å²) in [6.45, 7) is 7.19. The zero-order valence-electron chi connectivity index (χ0n) is 11.6. The van der Waals surface area contributed by atoms with Gasteiger partial charge in [-0.1, -0.05) is 20.3 Å². The van der Waals surface area contributed by atoms with Crippen LogP contribution < -0.4 is 10.6 Å². The molecule has 0 aliphatic carbocycles. The van der Waals surface area contributed by atoms with E-state index < -0.39 is 18.0 Å². The first-order chi connectivity index (χ1) is 8.86. The number of nitrogens with one attached hydrogen (secondary N) is 3. The molecule has 106 valence electrons. The van der Waals surface area contributed by atoms with Crippen LogP contribution in [0.1, 0.15) is 31.7 Å². The number of aromatic nitrogens is 2. The van der Waals surface area contributed by atoms with Crippen molar-refractivity contribution in [3.63, 3.8) is 0 Å². The van der Waals surface area contributed by atoms with Crippen LogP contribution in [-0.4, -0.2) is 33.3 Å². The molecule has 1 aromatic heterocycles. The highest BCUT2D eigenvalue weighted by Gasteiger charge is 2.25. The lowest BCUT2D eigenvalue weighted by atomic mass is 9.99. The van der Waals surface area contributed by atoms with E-state index in [1.165, 1.54) is 0 Å². The third-order valence-corrected chi connectivity index (χ3v) is 3.13. The molecule has 0 fully saturated rings. The maximum Gasteiger partial charge on any atom is 0.326 e. The number of aryl methyl sites for hydroxylation is 2. The number of carbonyl (C=O) groups excluding carboxylic acids is 1. The zero-order chi connectivity index (χ0) is 14.6. The number of carboxylic acid groups (broad SMARTS) is 1. The van der Waals surface area contributed by atoms with Gasteiger partial charge in [-0.2, -0.15) is 5.10 Å². The smallest absolute Gasteiger partial charge is 0.326 e. The highest BCUT2D eigenvalue weighted by atomic mass is 16.4. The van der Waals surface area contributed by atoms with Gasteiger partial charge in [0.1, 0.15) is 6.04 Å². The van der Waals surface area contributed by atoms with Crippen molar-refractivity contribution in [1.29, 1.82) is 0 Å². The first-order valence-electron chi connectivity index (χ1n) is 6.18. The Labute approximate surface area is 111 Å². The number of rotatable bonds is 5. The van der Waals surface area contributed by atoms with Gasteiger partial charge in [0.2, 0.25) is 0 Å². The molecule has 1 unspecified atom stereocenters. The standard InChI is InChI=1S/C12H20N4O3/c1-5-6(2)9(11(17)18)13-12(19)14-10-7(3)15-16-8(10)4/h6,9H,5H2,1-4H3,(H,15,16)(H,17,18)(H2,13,14,19)/t6?,9-/m0/s1. The van der Waals surface area contributed by atoms with Gasteiger partial charge in [-0.25, -0.2) is 9.59 Å². The molecule has 7 nitrogen and oxygen atoms in total. The van der Waals surface area contributed by atoms with Gasteiger partial charge >= 0.3 is 12.0 Å². The average molecular weight is 268 g/mol. The average Bonchev–Trinajstić information content (AvgIpc) is 2.66. The van der Waals surface area contributed by atoms with Crippen molar-refractivity contribution in [2.45, 2.75) is 40.2 Å². The quantitative estimate of drug-likeness (QED) is 0.651. The predicted molar refractivity (Wildman–Crippen MR) is 71.1 cm³/mol. The van der Waals surface area contributed by atoms with Crippen LogP contribution in [-0.2, 0) is 4.79 Å². The van der Waals surface area contributed by atoms with Gasteiger partial charge in [0.25, 0.3) is 0 Å². The van der Waals surface area contributed by atoms with Gasteiger partial charge in [0.15, 0.2) is 0 Å². The van der Waals surface area contributed by atoms with Crippen molar-refractivity contribution in [2.75, 3.05) is 5.32 Å². The van der Waals surface area contributed by atoms with Crippen LogP contribution in [0, 0.1) is 19.8 Å². The van der Waals surface area contributed by atoms with E-state index in [0.717, 1.165) is 5.69 Å². The number of H-pyrrole nitrogens is 1. The molecular formula is C12H20N4O3. The first kappa shape index (κ1) is 15.0. The lowest BCUT2D eigenvalue weighted by molar-refractivity contribution is -0.140. The fraction of sp³-hybridized carbons (Fsp3) is 0.583. The van der Waals surface area contributed by atoms with Crippen molar-refractivity contribution in [1.82, 2.24) is 15.5 Å². The van der Waals surface area contributed by atoms with Gasteiger partial charge in [-0.05, 0) is 19.8 Å². The second-order valence-electron chi connectivity index (χ2n) is 4.61. The number of aliphatic carboxylic acids is 1. The molecule has 4 N–H and O–H groups in total. The summed E-state index contributed by atoms with van der Waals surface area (Å²) in [5, 5.41) is 20.9. The third kappa shape index (κ3) is 3.70. The van der Waals surface area contributed by atoms with E-state index in [1.807, 2.05) is 6.92 Å². The van der Waals surface area contributed by atoms with Crippen molar-refractivity contribution >= 4 is 17.7 Å². The Morgan fingerprint density at radius 2 is 2.05 bits per heavy atom. The maximum atomic E-state index is 11.8. The van der Waals surface area contributed by atoms with Crippen molar-refractivity contribution in [2.24, 2.45) is 5.92 Å². The van der Waals surface area contributed by atoms with Crippen LogP contribution in [0.2, 0.25) is 0 Å². The Bertz CT molecular complexity index is 450. The topological polar surface area (TPSA) is 107 Å². The predicted octanol–water partition coefficient (Wildman–Crippen LogP) is 1.65. The maximum absolute atomic E-state index is 11.8. The van der Waals surface area contributed by atoms with E-state index in [-0.39, 0.29) is 5.92 Å². The molecule has 7 heteroatoms. The number of carboxylic acids is 1. The lowest BCUT2D eigenvalue weighted by Crippen LogP contribution is -2.46. The molecule has 1 aromatic rings. The number of hydrogen-bond donors (Lipinski definition) is 4. The lowest BCUT2D eigenvalue weighted by Gasteiger charge is -2.20. The number of urea groups is 1. The van der Waals surface area contributed by atoms with Gasteiger partial charge < -0.3 is 15.7 Å². The van der Waals surface area contributed by atoms with Crippen LogP contribution in [0.15, 0.2) is 0 Å². The number of amides is 2. The fourth-order valence-corrected chi connectivity index (χ4v) is 1.71. The second kappa shape index (κ2) is 6.21. The van der Waals surface area contributed by atoms with E-state index in [1.54, 1.807) is 20.8 Å². The molecule has 0 aliphatic rings. The summed E-state index contributed by atoms with van der Waals surface area (Å²) in [5.74, 6) is -1.18. The Hall–Kier alpha value is -2.05. The molecule has 0 bridgehead atoms. The Morgan fingerprint density at radius 1 is 1.42 bits per heavy atom. The van der Waals surface area contributed by atoms with Crippen LogP contribution in [0.5, 0.6) is 0 Å². The molecule has 0 saturated carbocycles. The van der Waals surface area contributed by atoms with Crippen molar-refractivity contribution in [3.8, 4) is 0 Å². The summed E-state index contributed by atoms with van der Waals surface area (Å²) in [5.41, 5.74) is 1.96. The summed E-state index contributed by atoms with van der Waals surface area (Å²) in [6.07, 6.45) is 0.668. The minimum atomic E-state index is -1.04. The molecule has 0 aliphatic heterocycles. The number of carbonyl (C=O) groups is 2. The second-order valence-corrected chi connectivity index (χ2v) is 4.61. The summed E-state index contributed by atoms with van der Waals surface area (Å²) in [4.78, 5) is 22.9. The van der Waals surface area contributed by atoms with E-state index in [0.29, 0.717) is 17.8 Å². The van der Waals surface area contributed by atoms with Gasteiger partial charge in [-0.15, -0.1) is 0 Å². The number of anilines is 1. The molecule has 0 aromatic carbocycles. The molecular weight excluding hydrogens is 248 g/mol. The van der Waals surface area contributed by atoms with Crippen LogP contribution in [0.3, 0.4) is 0 Å². The highest BCUT2D eigenvalue weighted by molar-refractivity contribution is 5.93. The third-order valence-electron chi connectivity index (χ3n) is 3.13. The Morgan fingerprint density at radius 3 is 2.47 bits per heavy atom. The van der Waals surface area contributed by atoms with Crippen LogP contribution >= 0.6 is 0 Å².